The lowest BCUT2D eigenvalue weighted by atomic mass is 10.1. The summed E-state index contributed by atoms with van der Waals surface area (Å²) < 4.78 is 102. The van der Waals surface area contributed by atoms with Crippen LogP contribution in [0.5, 0.6) is 0 Å². The number of aromatic nitrogens is 4. The second kappa shape index (κ2) is 11.8. The van der Waals surface area contributed by atoms with Gasteiger partial charge in [-0.05, 0) is 43.7 Å². The number of nitrogens with one attached hydrogen (secondary N) is 1. The molecule has 4 aromatic rings. The molecule has 0 saturated carbocycles. The summed E-state index contributed by atoms with van der Waals surface area (Å²) in [4.78, 5) is 19.1. The molecule has 3 aromatic heterocycles. The standard InChI is InChI=1S/C27H26F5N7O3S/c1-15-14-42-10-9-39(15)26-24-21(36-25(37-26)17-13-34-22(33)12-18(17)27(30,31)32)7-6-19(35-24)16-4-2-5-20(23(16)29)38-43(40,41)11-3-8-28/h2,4-7,12-13,15,38H,3,8-11,14H2,1H3,(H2,33,34)/t15-/m0/s1. The van der Waals surface area contributed by atoms with Crippen LogP contribution in [0.25, 0.3) is 33.7 Å². The Morgan fingerprint density at radius 2 is 1.93 bits per heavy atom. The molecule has 0 unspecified atom stereocenters. The van der Waals surface area contributed by atoms with Crippen LogP contribution in [0.4, 0.5) is 39.3 Å². The van der Waals surface area contributed by atoms with Crippen LogP contribution in [0.2, 0.25) is 0 Å². The van der Waals surface area contributed by atoms with Crippen LogP contribution in [0.15, 0.2) is 42.6 Å². The topological polar surface area (TPSA) is 136 Å². The molecular weight excluding hydrogens is 597 g/mol. The SMILES string of the molecule is C[C@H]1COCCN1c1nc(-c2cnc(N)cc2C(F)(F)F)nc2ccc(-c3cccc(NS(=O)(=O)CCCF)c3F)nc12. The van der Waals surface area contributed by atoms with E-state index in [-0.39, 0.29) is 63.5 Å². The molecule has 1 fully saturated rings. The second-order valence-corrected chi connectivity index (χ2v) is 11.7. The number of hydrogen-bond acceptors (Lipinski definition) is 9. The maximum Gasteiger partial charge on any atom is 0.417 e. The van der Waals surface area contributed by atoms with Crippen LogP contribution >= 0.6 is 0 Å². The number of hydrogen-bond donors (Lipinski definition) is 2. The Kier molecular flexibility index (Phi) is 8.34. The summed E-state index contributed by atoms with van der Waals surface area (Å²) in [5.41, 5.74) is 4.15. The highest BCUT2D eigenvalue weighted by molar-refractivity contribution is 7.92. The van der Waals surface area contributed by atoms with Gasteiger partial charge in [-0.1, -0.05) is 6.07 Å². The van der Waals surface area contributed by atoms with Crippen molar-refractivity contribution in [2.75, 3.05) is 47.5 Å². The van der Waals surface area contributed by atoms with Gasteiger partial charge in [0, 0.05) is 23.9 Å². The molecule has 1 saturated heterocycles. The zero-order valence-electron chi connectivity index (χ0n) is 22.7. The van der Waals surface area contributed by atoms with Crippen molar-refractivity contribution in [1.29, 1.82) is 0 Å². The number of benzene rings is 1. The summed E-state index contributed by atoms with van der Waals surface area (Å²) in [5, 5.41) is 0. The summed E-state index contributed by atoms with van der Waals surface area (Å²) >= 11 is 0. The highest BCUT2D eigenvalue weighted by atomic mass is 32.2. The summed E-state index contributed by atoms with van der Waals surface area (Å²) in [6, 6.07) is 7.39. The average Bonchev–Trinajstić information content (AvgIpc) is 2.96. The molecular formula is C27H26F5N7O3S. The first-order valence-electron chi connectivity index (χ1n) is 13.1. The van der Waals surface area contributed by atoms with Gasteiger partial charge in [-0.15, -0.1) is 0 Å². The van der Waals surface area contributed by atoms with Gasteiger partial charge in [0.2, 0.25) is 10.0 Å². The first-order valence-corrected chi connectivity index (χ1v) is 14.7. The largest absolute Gasteiger partial charge is 0.417 e. The van der Waals surface area contributed by atoms with E-state index in [1.165, 1.54) is 30.3 Å². The second-order valence-electron chi connectivity index (χ2n) is 9.84. The number of morpholine rings is 1. The summed E-state index contributed by atoms with van der Waals surface area (Å²) in [7, 11) is -4.01. The molecule has 0 spiro atoms. The molecule has 1 aromatic carbocycles. The molecule has 0 radical (unpaired) electrons. The van der Waals surface area contributed by atoms with Crippen molar-refractivity contribution in [1.82, 2.24) is 19.9 Å². The lowest BCUT2D eigenvalue weighted by Gasteiger charge is -2.34. The Labute approximate surface area is 243 Å². The number of fused-ring (bicyclic) bond motifs is 1. The lowest BCUT2D eigenvalue weighted by molar-refractivity contribution is -0.137. The predicted molar refractivity (Wildman–Crippen MR) is 151 cm³/mol. The number of nitrogen functional groups attached to an aromatic ring is 1. The third-order valence-electron chi connectivity index (χ3n) is 6.72. The summed E-state index contributed by atoms with van der Waals surface area (Å²) in [6.07, 6.45) is -4.05. The van der Waals surface area contributed by atoms with E-state index in [1.807, 2.05) is 11.8 Å². The van der Waals surface area contributed by atoms with Gasteiger partial charge in [0.25, 0.3) is 0 Å². The van der Waals surface area contributed by atoms with E-state index in [2.05, 4.69) is 24.7 Å². The van der Waals surface area contributed by atoms with Gasteiger partial charge in [-0.2, -0.15) is 13.2 Å². The molecule has 1 aliphatic rings. The predicted octanol–water partition coefficient (Wildman–Crippen LogP) is 4.82. The van der Waals surface area contributed by atoms with Crippen LogP contribution < -0.4 is 15.4 Å². The fourth-order valence-corrected chi connectivity index (χ4v) is 5.75. The lowest BCUT2D eigenvalue weighted by Crippen LogP contribution is -2.44. The summed E-state index contributed by atoms with van der Waals surface area (Å²) in [6.45, 7) is 1.99. The smallest absolute Gasteiger partial charge is 0.384 e. The van der Waals surface area contributed by atoms with E-state index in [0.29, 0.717) is 25.8 Å². The minimum atomic E-state index is -4.77. The minimum Gasteiger partial charge on any atom is -0.384 e. The van der Waals surface area contributed by atoms with Gasteiger partial charge in [0.1, 0.15) is 11.3 Å². The Morgan fingerprint density at radius 1 is 1.14 bits per heavy atom. The van der Waals surface area contributed by atoms with Crippen molar-refractivity contribution in [3.63, 3.8) is 0 Å². The molecule has 0 amide bonds. The maximum atomic E-state index is 15.6. The van der Waals surface area contributed by atoms with E-state index >= 15 is 4.39 Å². The molecule has 16 heteroatoms. The van der Waals surface area contributed by atoms with Crippen molar-refractivity contribution in [2.24, 2.45) is 0 Å². The zero-order chi connectivity index (χ0) is 30.9. The number of halogens is 5. The molecule has 1 aliphatic heterocycles. The number of sulfonamides is 1. The Hall–Kier alpha value is -4.18. The van der Waals surface area contributed by atoms with E-state index in [4.69, 9.17) is 10.5 Å². The number of anilines is 3. The van der Waals surface area contributed by atoms with E-state index in [0.717, 1.165) is 6.20 Å². The molecule has 228 valence electrons. The highest BCUT2D eigenvalue weighted by Gasteiger charge is 2.36. The molecule has 5 rings (SSSR count). The van der Waals surface area contributed by atoms with Crippen molar-refractivity contribution < 1.29 is 35.1 Å². The molecule has 4 heterocycles. The Morgan fingerprint density at radius 3 is 2.65 bits per heavy atom. The molecule has 43 heavy (non-hydrogen) atoms. The quantitative estimate of drug-likeness (QED) is 0.265. The number of nitrogens with zero attached hydrogens (tertiary/aromatic N) is 5. The molecule has 0 bridgehead atoms. The number of alkyl halides is 4. The van der Waals surface area contributed by atoms with Crippen molar-refractivity contribution >= 4 is 38.4 Å². The Bertz CT molecular complexity index is 1770. The van der Waals surface area contributed by atoms with Gasteiger partial charge in [-0.25, -0.2) is 32.7 Å². The van der Waals surface area contributed by atoms with Crippen LogP contribution in [0, 0.1) is 5.82 Å². The van der Waals surface area contributed by atoms with Crippen molar-refractivity contribution in [3.05, 3.63) is 54.0 Å². The van der Waals surface area contributed by atoms with Crippen LogP contribution in [0.3, 0.4) is 0 Å². The van der Waals surface area contributed by atoms with E-state index in [1.54, 1.807) is 0 Å². The monoisotopic (exact) mass is 623 g/mol. The fraction of sp³-hybridized carbons (Fsp3) is 0.333. The normalized spacial score (nSPS) is 16.0. The van der Waals surface area contributed by atoms with Gasteiger partial charge in [0.05, 0.1) is 54.1 Å². The van der Waals surface area contributed by atoms with Crippen molar-refractivity contribution in [3.8, 4) is 22.6 Å². The number of nitrogens with two attached hydrogens (primary N) is 1. The molecule has 10 nitrogen and oxygen atoms in total. The Balaban J connectivity index is 1.66. The van der Waals surface area contributed by atoms with Crippen LogP contribution in [0.1, 0.15) is 18.9 Å². The van der Waals surface area contributed by atoms with Crippen molar-refractivity contribution in [2.45, 2.75) is 25.6 Å². The van der Waals surface area contributed by atoms with E-state index < -0.39 is 40.0 Å². The van der Waals surface area contributed by atoms with Crippen LogP contribution in [-0.2, 0) is 20.9 Å². The third kappa shape index (κ3) is 6.44. The zero-order valence-corrected chi connectivity index (χ0v) is 23.5. The first-order chi connectivity index (χ1) is 20.4. The first kappa shape index (κ1) is 30.3. The number of pyridine rings is 2. The van der Waals surface area contributed by atoms with Gasteiger partial charge in [0.15, 0.2) is 17.5 Å². The fourth-order valence-electron chi connectivity index (χ4n) is 4.67. The molecule has 1 atom stereocenters. The minimum absolute atomic E-state index is 0.0558. The van der Waals surface area contributed by atoms with Crippen LogP contribution in [-0.4, -0.2) is 66.6 Å². The molecule has 3 N–H and O–H groups in total. The third-order valence-corrected chi connectivity index (χ3v) is 8.08. The van der Waals surface area contributed by atoms with Gasteiger partial charge >= 0.3 is 6.18 Å². The van der Waals surface area contributed by atoms with Gasteiger partial charge < -0.3 is 15.4 Å². The highest BCUT2D eigenvalue weighted by Crippen LogP contribution is 2.38. The number of rotatable bonds is 8. The van der Waals surface area contributed by atoms with Gasteiger partial charge in [-0.3, -0.25) is 9.11 Å². The summed E-state index contributed by atoms with van der Waals surface area (Å²) in [5.74, 6) is -1.82. The number of ether oxygens (including phenoxy) is 1. The van der Waals surface area contributed by atoms with E-state index in [9.17, 15) is 26.0 Å². The molecule has 0 aliphatic carbocycles. The maximum absolute atomic E-state index is 15.6. The average molecular weight is 624 g/mol.